The van der Waals surface area contributed by atoms with Crippen LogP contribution in [0.15, 0.2) is 97.3 Å². The van der Waals surface area contributed by atoms with E-state index in [9.17, 15) is 0 Å². The molecule has 0 amide bonds. The minimum atomic E-state index is -0.163. The Balaban J connectivity index is 1.46. The summed E-state index contributed by atoms with van der Waals surface area (Å²) in [6.45, 7) is 5.08. The first-order valence-electron chi connectivity index (χ1n) is 11.5. The van der Waals surface area contributed by atoms with Gasteiger partial charge in [0, 0.05) is 51.1 Å². The number of anilines is 1. The lowest BCUT2D eigenvalue weighted by Crippen LogP contribution is -2.35. The maximum absolute atomic E-state index is 6.63. The number of aromatic nitrogens is 2. The van der Waals surface area contributed by atoms with Gasteiger partial charge in [-0.15, -0.1) is 11.3 Å². The molecule has 34 heavy (non-hydrogen) atoms. The lowest BCUT2D eigenvalue weighted by molar-refractivity contribution is 0.310. The number of nitrogens with two attached hydrogens (primary N) is 1. The molecule has 0 saturated heterocycles. The fourth-order valence-electron chi connectivity index (χ4n) is 4.14. The molecule has 0 spiro atoms. The number of fused-ring (bicyclic) bond motifs is 1. The van der Waals surface area contributed by atoms with Crippen LogP contribution in [-0.2, 0) is 0 Å². The molecule has 3 heterocycles. The lowest BCUT2D eigenvalue weighted by atomic mass is 9.81. The first-order chi connectivity index (χ1) is 16.5. The van der Waals surface area contributed by atoms with Gasteiger partial charge in [0.25, 0.3) is 0 Å². The van der Waals surface area contributed by atoms with E-state index < -0.39 is 0 Å². The van der Waals surface area contributed by atoms with Gasteiger partial charge < -0.3 is 11.1 Å². The molecular weight excluding hydrogens is 436 g/mol. The topological polar surface area (TPSA) is 63.8 Å². The molecule has 2 aromatic carbocycles. The van der Waals surface area contributed by atoms with Crippen molar-refractivity contribution in [2.75, 3.05) is 11.9 Å². The molecule has 170 valence electrons. The summed E-state index contributed by atoms with van der Waals surface area (Å²) in [6, 6.07) is 29.2. The summed E-state index contributed by atoms with van der Waals surface area (Å²) in [5, 5.41) is 4.80. The monoisotopic (exact) mass is 464 g/mol. The zero-order valence-electron chi connectivity index (χ0n) is 19.4. The SMILES string of the molecule is CC(C)(CNc1ccc(-c2cc3ccccc3s2)c(-c2ccncc2)n1)C(N)c1ccccc1. The number of thiophene rings is 1. The number of hydrogen-bond donors (Lipinski definition) is 2. The zero-order valence-corrected chi connectivity index (χ0v) is 20.2. The van der Waals surface area contributed by atoms with Crippen molar-refractivity contribution >= 4 is 27.2 Å². The Bertz CT molecular complexity index is 1360. The van der Waals surface area contributed by atoms with Gasteiger partial charge in [0.2, 0.25) is 0 Å². The number of nitrogens with one attached hydrogen (secondary N) is 1. The average molecular weight is 465 g/mol. The quantitative estimate of drug-likeness (QED) is 0.268. The van der Waals surface area contributed by atoms with E-state index in [1.54, 1.807) is 11.3 Å². The summed E-state index contributed by atoms with van der Waals surface area (Å²) in [6.07, 6.45) is 3.63. The second kappa shape index (κ2) is 9.37. The van der Waals surface area contributed by atoms with E-state index in [4.69, 9.17) is 10.7 Å². The van der Waals surface area contributed by atoms with Gasteiger partial charge in [-0.25, -0.2) is 4.98 Å². The molecule has 0 radical (unpaired) electrons. The molecule has 3 aromatic heterocycles. The van der Waals surface area contributed by atoms with Gasteiger partial charge in [-0.05, 0) is 47.3 Å². The highest BCUT2D eigenvalue weighted by molar-refractivity contribution is 7.22. The number of benzene rings is 2. The van der Waals surface area contributed by atoms with E-state index in [1.165, 1.54) is 15.0 Å². The molecule has 0 bridgehead atoms. The second-order valence-electron chi connectivity index (χ2n) is 9.21. The molecule has 5 aromatic rings. The summed E-state index contributed by atoms with van der Waals surface area (Å²) in [5.41, 5.74) is 10.7. The lowest BCUT2D eigenvalue weighted by Gasteiger charge is -2.32. The fourth-order valence-corrected chi connectivity index (χ4v) is 5.23. The van der Waals surface area contributed by atoms with Crippen LogP contribution in [0, 0.1) is 5.41 Å². The van der Waals surface area contributed by atoms with Gasteiger partial charge in [-0.2, -0.15) is 0 Å². The average Bonchev–Trinajstić information content (AvgIpc) is 3.32. The van der Waals surface area contributed by atoms with E-state index in [1.807, 2.05) is 42.7 Å². The van der Waals surface area contributed by atoms with Crippen LogP contribution in [0.1, 0.15) is 25.5 Å². The van der Waals surface area contributed by atoms with Gasteiger partial charge >= 0.3 is 0 Å². The molecule has 0 aliphatic rings. The van der Waals surface area contributed by atoms with Gasteiger partial charge in [-0.3, -0.25) is 4.98 Å². The number of nitrogens with zero attached hydrogens (tertiary/aromatic N) is 2. The van der Waals surface area contributed by atoms with Crippen molar-refractivity contribution in [1.29, 1.82) is 0 Å². The van der Waals surface area contributed by atoms with Crippen LogP contribution in [0.25, 0.3) is 31.8 Å². The summed E-state index contributed by atoms with van der Waals surface area (Å²) in [7, 11) is 0. The van der Waals surface area contributed by atoms with E-state index in [-0.39, 0.29) is 11.5 Å². The van der Waals surface area contributed by atoms with Crippen LogP contribution < -0.4 is 11.1 Å². The summed E-state index contributed by atoms with van der Waals surface area (Å²) in [5.74, 6) is 0.838. The van der Waals surface area contributed by atoms with E-state index in [0.717, 1.165) is 28.2 Å². The minimum Gasteiger partial charge on any atom is -0.369 e. The van der Waals surface area contributed by atoms with Gasteiger partial charge in [0.15, 0.2) is 0 Å². The Morgan fingerprint density at radius 2 is 1.65 bits per heavy atom. The van der Waals surface area contributed by atoms with Crippen molar-refractivity contribution in [1.82, 2.24) is 9.97 Å². The third kappa shape index (κ3) is 4.58. The molecule has 4 nitrogen and oxygen atoms in total. The van der Waals surface area contributed by atoms with E-state index in [0.29, 0.717) is 6.54 Å². The van der Waals surface area contributed by atoms with Crippen LogP contribution in [0.2, 0.25) is 0 Å². The van der Waals surface area contributed by atoms with Gasteiger partial charge in [0.05, 0.1) is 5.69 Å². The van der Waals surface area contributed by atoms with Crippen molar-refractivity contribution in [3.05, 3.63) is 103 Å². The highest BCUT2D eigenvalue weighted by Gasteiger charge is 2.28. The largest absolute Gasteiger partial charge is 0.369 e. The van der Waals surface area contributed by atoms with Crippen molar-refractivity contribution < 1.29 is 0 Å². The molecule has 0 aliphatic heterocycles. The normalized spacial score (nSPS) is 12.6. The second-order valence-corrected chi connectivity index (χ2v) is 10.3. The van der Waals surface area contributed by atoms with Crippen LogP contribution in [-0.4, -0.2) is 16.5 Å². The van der Waals surface area contributed by atoms with Crippen LogP contribution in [0.3, 0.4) is 0 Å². The van der Waals surface area contributed by atoms with Gasteiger partial charge in [-0.1, -0.05) is 62.4 Å². The van der Waals surface area contributed by atoms with Crippen molar-refractivity contribution in [2.24, 2.45) is 11.1 Å². The maximum atomic E-state index is 6.63. The van der Waals surface area contributed by atoms with Crippen molar-refractivity contribution in [3.8, 4) is 21.7 Å². The standard InChI is InChI=1S/C29H28N4S/c1-29(2,28(30)21-8-4-3-5-9-21)19-32-26-13-12-23(27(33-26)20-14-16-31-17-15-20)25-18-22-10-6-7-11-24(22)34-25/h3-18,28H,19,30H2,1-2H3,(H,32,33). The smallest absolute Gasteiger partial charge is 0.126 e. The maximum Gasteiger partial charge on any atom is 0.126 e. The number of rotatable bonds is 7. The first-order valence-corrected chi connectivity index (χ1v) is 12.3. The molecule has 1 atom stereocenters. The van der Waals surface area contributed by atoms with Crippen LogP contribution >= 0.6 is 11.3 Å². The summed E-state index contributed by atoms with van der Waals surface area (Å²) < 4.78 is 1.28. The van der Waals surface area contributed by atoms with E-state index >= 15 is 0 Å². The summed E-state index contributed by atoms with van der Waals surface area (Å²) in [4.78, 5) is 10.5. The Morgan fingerprint density at radius 1 is 0.912 bits per heavy atom. The Hall–Kier alpha value is -3.54. The fraction of sp³-hybridized carbons (Fsp3) is 0.172. The summed E-state index contributed by atoms with van der Waals surface area (Å²) >= 11 is 1.79. The predicted octanol–water partition coefficient (Wildman–Crippen LogP) is 7.16. The molecule has 5 rings (SSSR count). The molecule has 0 aliphatic carbocycles. The highest BCUT2D eigenvalue weighted by Crippen LogP contribution is 2.39. The Labute approximate surface area is 204 Å². The van der Waals surface area contributed by atoms with E-state index in [2.05, 4.69) is 78.7 Å². The molecule has 5 heteroatoms. The number of hydrogen-bond acceptors (Lipinski definition) is 5. The minimum absolute atomic E-state index is 0.0845. The Kier molecular flexibility index (Phi) is 6.14. The molecule has 3 N–H and O–H groups in total. The molecule has 1 unspecified atom stereocenters. The third-order valence-corrected chi connectivity index (χ3v) is 7.42. The molecule has 0 fully saturated rings. The number of pyridine rings is 2. The van der Waals surface area contributed by atoms with Crippen LogP contribution in [0.5, 0.6) is 0 Å². The Morgan fingerprint density at radius 3 is 2.41 bits per heavy atom. The van der Waals surface area contributed by atoms with Crippen molar-refractivity contribution in [3.63, 3.8) is 0 Å². The zero-order chi connectivity index (χ0) is 23.5. The molecular formula is C29H28N4S. The van der Waals surface area contributed by atoms with Gasteiger partial charge in [0.1, 0.15) is 5.82 Å². The predicted molar refractivity (Wildman–Crippen MR) is 144 cm³/mol. The van der Waals surface area contributed by atoms with Crippen LogP contribution in [0.4, 0.5) is 5.82 Å². The third-order valence-electron chi connectivity index (χ3n) is 6.27. The first kappa shape index (κ1) is 22.3. The highest BCUT2D eigenvalue weighted by atomic mass is 32.1. The van der Waals surface area contributed by atoms with Crippen molar-refractivity contribution in [2.45, 2.75) is 19.9 Å². The molecule has 0 saturated carbocycles.